The van der Waals surface area contributed by atoms with E-state index in [4.69, 9.17) is 0 Å². The van der Waals surface area contributed by atoms with Gasteiger partial charge in [0, 0.05) is 24.5 Å². The van der Waals surface area contributed by atoms with Crippen LogP contribution in [0.1, 0.15) is 68.1 Å². The van der Waals surface area contributed by atoms with Crippen molar-refractivity contribution >= 4 is 39.0 Å². The van der Waals surface area contributed by atoms with E-state index < -0.39 is 28.1 Å². The minimum Gasteiger partial charge on any atom is -0.340 e. The summed E-state index contributed by atoms with van der Waals surface area (Å²) >= 11 is 1.39. The van der Waals surface area contributed by atoms with Crippen LogP contribution in [0.3, 0.4) is 0 Å². The number of amides is 2. The lowest BCUT2D eigenvalue weighted by molar-refractivity contribution is -0.131. The van der Waals surface area contributed by atoms with Gasteiger partial charge in [-0.25, -0.2) is 13.4 Å². The minimum absolute atomic E-state index is 0.0874. The number of aromatic nitrogens is 1. The zero-order valence-electron chi connectivity index (χ0n) is 20.1. The fourth-order valence-electron chi connectivity index (χ4n) is 4.88. The lowest BCUT2D eigenvalue weighted by atomic mass is 9.84. The lowest BCUT2D eigenvalue weighted by Crippen LogP contribution is -2.58. The third-order valence-corrected chi connectivity index (χ3v) is 9.30. The third kappa shape index (κ3) is 6.37. The van der Waals surface area contributed by atoms with Gasteiger partial charge in [-0.2, -0.15) is 15.6 Å². The molecule has 1 saturated carbocycles. The van der Waals surface area contributed by atoms with E-state index in [1.165, 1.54) is 23.6 Å². The van der Waals surface area contributed by atoms with Gasteiger partial charge in [0.25, 0.3) is 15.9 Å². The van der Waals surface area contributed by atoms with Crippen LogP contribution in [0.5, 0.6) is 0 Å². The van der Waals surface area contributed by atoms with E-state index >= 15 is 0 Å². The van der Waals surface area contributed by atoms with Crippen LogP contribution in [0, 0.1) is 5.92 Å². The predicted molar refractivity (Wildman–Crippen MR) is 136 cm³/mol. The van der Waals surface area contributed by atoms with Crippen molar-refractivity contribution in [1.82, 2.24) is 19.9 Å². The molecule has 4 rings (SSSR count). The second-order valence-electron chi connectivity index (χ2n) is 9.40. The summed E-state index contributed by atoms with van der Waals surface area (Å²) in [6.07, 6.45) is 6.91. The molecule has 2 aromatic rings. The highest BCUT2D eigenvalue weighted by Crippen LogP contribution is 2.28. The molecule has 2 amide bonds. The molecule has 1 aliphatic heterocycles. The Morgan fingerprint density at radius 2 is 1.92 bits per heavy atom. The monoisotopic (exact) mass is 532 g/mol. The normalized spacial score (nSPS) is 20.9. The number of Topliss-reactive ketones (excluding diaryl/α,β-unsaturated/α-hetero) is 1. The molecule has 3 heterocycles. The standard InChI is InChI=1S/C25H32N4O5S2/c30-21-10-5-7-14-29(36(33,34)22-11-4-6-13-26-22)23(21)28-25(32)20(16-18-8-2-1-3-9-18)27-24(31)19-12-15-35-17-19/h4,6,11-13,15,17-18,20,23H,1-3,5,7-10,14,16H2,(H,27,31)(H,28,32)/t20?,23-/m0/s1. The number of nitrogens with zero attached hydrogens (tertiary/aromatic N) is 2. The van der Waals surface area contributed by atoms with Gasteiger partial charge in [0.1, 0.15) is 6.04 Å². The van der Waals surface area contributed by atoms with Crippen molar-refractivity contribution in [2.45, 2.75) is 75.0 Å². The van der Waals surface area contributed by atoms with Gasteiger partial charge >= 0.3 is 0 Å². The number of rotatable bonds is 8. The van der Waals surface area contributed by atoms with E-state index in [1.54, 1.807) is 29.0 Å². The quantitative estimate of drug-likeness (QED) is 0.538. The maximum Gasteiger partial charge on any atom is 0.262 e. The summed E-state index contributed by atoms with van der Waals surface area (Å²) in [6, 6.07) is 5.35. The Labute approximate surface area is 215 Å². The van der Waals surface area contributed by atoms with E-state index in [0.717, 1.165) is 36.4 Å². The van der Waals surface area contributed by atoms with Crippen molar-refractivity contribution < 1.29 is 22.8 Å². The first-order valence-electron chi connectivity index (χ1n) is 12.5. The second kappa shape index (κ2) is 12.1. The molecular formula is C25H32N4O5S2. The number of carbonyl (C=O) groups is 3. The maximum absolute atomic E-state index is 13.5. The van der Waals surface area contributed by atoms with Crippen LogP contribution in [0.2, 0.25) is 0 Å². The molecule has 2 aromatic heterocycles. The number of carbonyl (C=O) groups excluding carboxylic acids is 3. The molecule has 2 aliphatic rings. The van der Waals surface area contributed by atoms with Crippen LogP contribution < -0.4 is 10.6 Å². The number of hydrogen-bond donors (Lipinski definition) is 2. The van der Waals surface area contributed by atoms with E-state index in [0.29, 0.717) is 24.8 Å². The highest BCUT2D eigenvalue weighted by molar-refractivity contribution is 7.89. The molecule has 0 spiro atoms. The van der Waals surface area contributed by atoms with Crippen molar-refractivity contribution in [2.24, 2.45) is 5.92 Å². The van der Waals surface area contributed by atoms with E-state index in [9.17, 15) is 22.8 Å². The SMILES string of the molecule is O=C(NC(CC1CCCCC1)C(=O)N[C@@H]1C(=O)CCCCN1S(=O)(=O)c1ccccn1)c1ccsc1. The summed E-state index contributed by atoms with van der Waals surface area (Å²) < 4.78 is 27.8. The lowest BCUT2D eigenvalue weighted by Gasteiger charge is -2.31. The van der Waals surface area contributed by atoms with Gasteiger partial charge in [0.2, 0.25) is 5.91 Å². The minimum atomic E-state index is -4.12. The van der Waals surface area contributed by atoms with Gasteiger partial charge in [-0.1, -0.05) is 38.2 Å². The van der Waals surface area contributed by atoms with E-state index in [1.807, 2.05) is 0 Å². The van der Waals surface area contributed by atoms with Crippen LogP contribution >= 0.6 is 11.3 Å². The molecule has 2 N–H and O–H groups in total. The van der Waals surface area contributed by atoms with Gasteiger partial charge in [-0.3, -0.25) is 14.4 Å². The highest BCUT2D eigenvalue weighted by atomic mass is 32.2. The number of thiophene rings is 1. The number of hydrogen-bond acceptors (Lipinski definition) is 7. The molecule has 0 aromatic carbocycles. The Balaban J connectivity index is 1.57. The topological polar surface area (TPSA) is 126 Å². The van der Waals surface area contributed by atoms with Crippen LogP contribution in [0.15, 0.2) is 46.2 Å². The van der Waals surface area contributed by atoms with Crippen molar-refractivity contribution in [1.29, 1.82) is 0 Å². The third-order valence-electron chi connectivity index (χ3n) is 6.83. The summed E-state index contributed by atoms with van der Waals surface area (Å²) in [7, 11) is -4.12. The van der Waals surface area contributed by atoms with Crippen molar-refractivity contribution in [3.05, 3.63) is 46.8 Å². The second-order valence-corrected chi connectivity index (χ2v) is 12.0. The van der Waals surface area contributed by atoms with Crippen molar-refractivity contribution in [3.63, 3.8) is 0 Å². The summed E-state index contributed by atoms with van der Waals surface area (Å²) in [5.41, 5.74) is 0.464. The van der Waals surface area contributed by atoms with Crippen LogP contribution in [0.25, 0.3) is 0 Å². The van der Waals surface area contributed by atoms with Crippen molar-refractivity contribution in [2.75, 3.05) is 6.54 Å². The molecular weight excluding hydrogens is 500 g/mol. The summed E-state index contributed by atoms with van der Waals surface area (Å²) in [5, 5.41) is 8.85. The number of ketones is 1. The molecule has 2 fully saturated rings. The van der Waals surface area contributed by atoms with E-state index in [2.05, 4.69) is 15.6 Å². The molecule has 1 saturated heterocycles. The molecule has 1 unspecified atom stereocenters. The Hall–Kier alpha value is -2.63. The smallest absolute Gasteiger partial charge is 0.262 e. The van der Waals surface area contributed by atoms with Crippen LogP contribution in [-0.4, -0.2) is 54.1 Å². The zero-order valence-corrected chi connectivity index (χ0v) is 21.7. The Bertz CT molecular complexity index is 1150. The van der Waals surface area contributed by atoms with Gasteiger partial charge in [-0.15, -0.1) is 0 Å². The first-order valence-corrected chi connectivity index (χ1v) is 14.8. The Kier molecular flexibility index (Phi) is 8.86. The number of sulfonamides is 1. The first-order chi connectivity index (χ1) is 17.4. The average Bonchev–Trinajstić information content (AvgIpc) is 3.37. The number of pyridine rings is 1. The summed E-state index contributed by atoms with van der Waals surface area (Å²) in [5.74, 6) is -1.01. The summed E-state index contributed by atoms with van der Waals surface area (Å²) in [6.45, 7) is 0.0874. The van der Waals surface area contributed by atoms with Gasteiger partial charge in [0.15, 0.2) is 17.0 Å². The van der Waals surface area contributed by atoms with Crippen molar-refractivity contribution in [3.8, 4) is 0 Å². The largest absolute Gasteiger partial charge is 0.340 e. The van der Waals surface area contributed by atoms with Gasteiger partial charge in [0.05, 0.1) is 5.56 Å². The summed E-state index contributed by atoms with van der Waals surface area (Å²) in [4.78, 5) is 43.4. The fourth-order valence-corrected chi connectivity index (χ4v) is 7.02. The number of nitrogens with one attached hydrogen (secondary N) is 2. The molecule has 2 atom stereocenters. The molecule has 36 heavy (non-hydrogen) atoms. The van der Waals surface area contributed by atoms with Gasteiger partial charge in [-0.05, 0) is 48.8 Å². The van der Waals surface area contributed by atoms with Gasteiger partial charge < -0.3 is 10.6 Å². The molecule has 0 bridgehead atoms. The molecule has 0 radical (unpaired) electrons. The molecule has 194 valence electrons. The predicted octanol–water partition coefficient (Wildman–Crippen LogP) is 3.10. The molecule has 9 nitrogen and oxygen atoms in total. The molecule has 1 aliphatic carbocycles. The van der Waals surface area contributed by atoms with E-state index in [-0.39, 0.29) is 35.6 Å². The Morgan fingerprint density at radius 1 is 1.11 bits per heavy atom. The van der Waals surface area contributed by atoms with Crippen LogP contribution in [-0.2, 0) is 19.6 Å². The first kappa shape index (κ1) is 26.4. The Morgan fingerprint density at radius 3 is 2.61 bits per heavy atom. The van der Waals surface area contributed by atoms with Crippen LogP contribution in [0.4, 0.5) is 0 Å². The average molecular weight is 533 g/mol. The highest BCUT2D eigenvalue weighted by Gasteiger charge is 2.40. The zero-order chi connectivity index (χ0) is 25.5. The fraction of sp³-hybridized carbons (Fsp3) is 0.520. The molecule has 11 heteroatoms. The maximum atomic E-state index is 13.5.